The van der Waals surface area contributed by atoms with E-state index >= 15 is 0 Å². The monoisotopic (exact) mass is 147 g/mol. The van der Waals surface area contributed by atoms with Gasteiger partial charge in [-0.15, -0.1) is 11.6 Å². The lowest BCUT2D eigenvalue weighted by molar-refractivity contribution is 0.392. The van der Waals surface area contributed by atoms with Crippen LogP contribution in [0.1, 0.15) is 12.8 Å². The summed E-state index contributed by atoms with van der Waals surface area (Å²) in [7, 11) is 2.17. The first kappa shape index (κ1) is 7.36. The van der Waals surface area contributed by atoms with Crippen LogP contribution in [0.5, 0.6) is 0 Å². The van der Waals surface area contributed by atoms with Gasteiger partial charge >= 0.3 is 0 Å². The zero-order valence-electron chi connectivity index (χ0n) is 5.94. The van der Waals surface area contributed by atoms with Crippen molar-refractivity contribution in [2.75, 3.05) is 26.0 Å². The van der Waals surface area contributed by atoms with Gasteiger partial charge in [0.2, 0.25) is 0 Å². The van der Waals surface area contributed by atoms with Crippen LogP contribution in [0.2, 0.25) is 0 Å². The molecule has 0 aliphatic carbocycles. The van der Waals surface area contributed by atoms with E-state index in [2.05, 4.69) is 11.9 Å². The molecule has 0 saturated carbocycles. The van der Waals surface area contributed by atoms with Crippen molar-refractivity contribution in [1.82, 2.24) is 4.90 Å². The van der Waals surface area contributed by atoms with Gasteiger partial charge in [0, 0.05) is 12.4 Å². The van der Waals surface area contributed by atoms with Crippen molar-refractivity contribution in [3.05, 3.63) is 0 Å². The summed E-state index contributed by atoms with van der Waals surface area (Å²) in [5.74, 6) is 1.71. The van der Waals surface area contributed by atoms with E-state index in [4.69, 9.17) is 11.6 Å². The molecule has 0 aromatic carbocycles. The number of rotatable bonds is 2. The number of hydrogen-bond acceptors (Lipinski definition) is 1. The first-order valence-electron chi connectivity index (χ1n) is 3.57. The third-order valence-corrected chi connectivity index (χ3v) is 2.22. The van der Waals surface area contributed by atoms with E-state index in [1.54, 1.807) is 0 Å². The number of halogens is 1. The largest absolute Gasteiger partial charge is 0.306 e. The fourth-order valence-corrected chi connectivity index (χ4v) is 1.72. The summed E-state index contributed by atoms with van der Waals surface area (Å²) in [6, 6.07) is 0. The Bertz CT molecular complexity index is 83.0. The Labute approximate surface area is 62.0 Å². The molecular weight excluding hydrogens is 134 g/mol. The van der Waals surface area contributed by atoms with Crippen molar-refractivity contribution < 1.29 is 0 Å². The molecule has 0 unspecified atom stereocenters. The van der Waals surface area contributed by atoms with E-state index in [1.807, 2.05) is 0 Å². The third-order valence-electron chi connectivity index (χ3n) is 2.01. The summed E-state index contributed by atoms with van der Waals surface area (Å²) in [5.41, 5.74) is 0. The summed E-state index contributed by atoms with van der Waals surface area (Å²) in [6.45, 7) is 2.52. The normalized spacial score (nSPS) is 29.3. The second kappa shape index (κ2) is 3.43. The molecular formula is C7H14ClN. The van der Waals surface area contributed by atoms with Crippen molar-refractivity contribution in [2.45, 2.75) is 12.8 Å². The fraction of sp³-hybridized carbons (Fsp3) is 1.00. The van der Waals surface area contributed by atoms with Crippen molar-refractivity contribution >= 4 is 11.6 Å². The van der Waals surface area contributed by atoms with Crippen molar-refractivity contribution in [1.29, 1.82) is 0 Å². The number of hydrogen-bond donors (Lipinski definition) is 0. The highest BCUT2D eigenvalue weighted by Gasteiger charge is 2.17. The lowest BCUT2D eigenvalue weighted by atomic mass is 10.1. The van der Waals surface area contributed by atoms with Crippen LogP contribution in [0.4, 0.5) is 0 Å². The molecule has 0 aromatic rings. The van der Waals surface area contributed by atoms with Gasteiger partial charge in [0.25, 0.3) is 0 Å². The van der Waals surface area contributed by atoms with Crippen LogP contribution < -0.4 is 0 Å². The molecule has 2 heteroatoms. The zero-order valence-corrected chi connectivity index (χ0v) is 6.69. The minimum atomic E-state index is 0.832. The maximum Gasteiger partial charge on any atom is 0.0226 e. The fourth-order valence-electron chi connectivity index (χ4n) is 1.42. The maximum atomic E-state index is 5.61. The summed E-state index contributed by atoms with van der Waals surface area (Å²) >= 11 is 5.61. The van der Waals surface area contributed by atoms with Gasteiger partial charge in [-0.05, 0) is 32.4 Å². The standard InChI is InChI=1S/C7H14ClN/c1-9-5-3-7(6-9)2-4-8/h7H,2-6H2,1H3/t7-/m0/s1. The molecule has 1 heterocycles. The highest BCUT2D eigenvalue weighted by atomic mass is 35.5. The Morgan fingerprint density at radius 1 is 1.67 bits per heavy atom. The second-order valence-electron chi connectivity index (χ2n) is 2.89. The van der Waals surface area contributed by atoms with E-state index in [1.165, 1.54) is 25.9 Å². The van der Waals surface area contributed by atoms with Crippen LogP contribution in [0, 0.1) is 5.92 Å². The van der Waals surface area contributed by atoms with Gasteiger partial charge in [-0.25, -0.2) is 0 Å². The van der Waals surface area contributed by atoms with E-state index in [-0.39, 0.29) is 0 Å². The van der Waals surface area contributed by atoms with Gasteiger partial charge in [-0.1, -0.05) is 0 Å². The molecule has 1 aliphatic rings. The number of alkyl halides is 1. The molecule has 1 saturated heterocycles. The second-order valence-corrected chi connectivity index (χ2v) is 3.27. The molecule has 1 atom stereocenters. The summed E-state index contributed by atoms with van der Waals surface area (Å²) in [5, 5.41) is 0. The topological polar surface area (TPSA) is 3.24 Å². The highest BCUT2D eigenvalue weighted by Crippen LogP contribution is 2.17. The average Bonchev–Trinajstić information content (AvgIpc) is 2.17. The smallest absolute Gasteiger partial charge is 0.0226 e. The minimum Gasteiger partial charge on any atom is -0.306 e. The lowest BCUT2D eigenvalue weighted by Crippen LogP contribution is -2.13. The number of nitrogens with zero attached hydrogens (tertiary/aromatic N) is 1. The molecule has 0 N–H and O–H groups in total. The van der Waals surface area contributed by atoms with E-state index < -0.39 is 0 Å². The lowest BCUT2D eigenvalue weighted by Gasteiger charge is -2.06. The van der Waals surface area contributed by atoms with Gasteiger partial charge in [-0.2, -0.15) is 0 Å². The molecule has 1 rings (SSSR count). The third kappa shape index (κ3) is 2.15. The van der Waals surface area contributed by atoms with Gasteiger partial charge < -0.3 is 4.90 Å². The molecule has 9 heavy (non-hydrogen) atoms. The van der Waals surface area contributed by atoms with Crippen molar-refractivity contribution in [2.24, 2.45) is 5.92 Å². The molecule has 0 aromatic heterocycles. The van der Waals surface area contributed by atoms with E-state index in [0.29, 0.717) is 0 Å². The van der Waals surface area contributed by atoms with Gasteiger partial charge in [-0.3, -0.25) is 0 Å². The zero-order chi connectivity index (χ0) is 6.69. The molecule has 0 radical (unpaired) electrons. The predicted octanol–water partition coefficient (Wildman–Crippen LogP) is 1.57. The molecule has 54 valence electrons. The van der Waals surface area contributed by atoms with Crippen molar-refractivity contribution in [3.63, 3.8) is 0 Å². The molecule has 1 fully saturated rings. The first-order chi connectivity index (χ1) is 4.33. The highest BCUT2D eigenvalue weighted by molar-refractivity contribution is 6.17. The van der Waals surface area contributed by atoms with Gasteiger partial charge in [0.05, 0.1) is 0 Å². The Morgan fingerprint density at radius 3 is 2.89 bits per heavy atom. The van der Waals surface area contributed by atoms with Crippen LogP contribution in [0.15, 0.2) is 0 Å². The van der Waals surface area contributed by atoms with Crippen LogP contribution in [-0.2, 0) is 0 Å². The quantitative estimate of drug-likeness (QED) is 0.536. The SMILES string of the molecule is CN1CC[C@H](CCCl)C1. The Morgan fingerprint density at radius 2 is 2.44 bits per heavy atom. The molecule has 0 spiro atoms. The average molecular weight is 148 g/mol. The Hall–Kier alpha value is 0.250. The van der Waals surface area contributed by atoms with E-state index in [9.17, 15) is 0 Å². The van der Waals surface area contributed by atoms with E-state index in [0.717, 1.165) is 11.8 Å². The Kier molecular flexibility index (Phi) is 2.80. The molecule has 0 bridgehead atoms. The molecule has 0 amide bonds. The van der Waals surface area contributed by atoms with Crippen LogP contribution in [0.25, 0.3) is 0 Å². The Balaban J connectivity index is 2.14. The maximum absolute atomic E-state index is 5.61. The molecule has 1 aliphatic heterocycles. The number of likely N-dealkylation sites (tertiary alicyclic amines) is 1. The van der Waals surface area contributed by atoms with Gasteiger partial charge in [0.15, 0.2) is 0 Å². The van der Waals surface area contributed by atoms with Crippen LogP contribution in [0.3, 0.4) is 0 Å². The summed E-state index contributed by atoms with van der Waals surface area (Å²) in [6.07, 6.45) is 2.55. The summed E-state index contributed by atoms with van der Waals surface area (Å²) < 4.78 is 0. The first-order valence-corrected chi connectivity index (χ1v) is 4.11. The van der Waals surface area contributed by atoms with Crippen LogP contribution >= 0.6 is 11.6 Å². The summed E-state index contributed by atoms with van der Waals surface area (Å²) in [4.78, 5) is 2.37. The minimum absolute atomic E-state index is 0.832. The predicted molar refractivity (Wildman–Crippen MR) is 40.9 cm³/mol. The van der Waals surface area contributed by atoms with Gasteiger partial charge in [0.1, 0.15) is 0 Å². The van der Waals surface area contributed by atoms with Crippen LogP contribution in [-0.4, -0.2) is 30.9 Å². The van der Waals surface area contributed by atoms with Crippen molar-refractivity contribution in [3.8, 4) is 0 Å². The molecule has 1 nitrogen and oxygen atoms in total.